The molecule has 0 N–H and O–H groups in total. The summed E-state index contributed by atoms with van der Waals surface area (Å²) in [7, 11) is 3.13. The molecule has 0 fully saturated rings. The molecule has 0 spiro atoms. The Labute approximate surface area is 98.8 Å². The fourth-order valence-electron chi connectivity index (χ4n) is 1.81. The van der Waals surface area contributed by atoms with E-state index in [9.17, 15) is 4.79 Å². The fourth-order valence-corrected chi connectivity index (χ4v) is 1.81. The topological polar surface area (TPSA) is 48.7 Å². The normalized spacial score (nSPS) is 10.6. The fraction of sp³-hybridized carbons (Fsp3) is 0.308. The molecule has 0 atom stereocenters. The Kier molecular flexibility index (Phi) is 2.79. The van der Waals surface area contributed by atoms with Crippen LogP contribution in [0.15, 0.2) is 21.3 Å². The van der Waals surface area contributed by atoms with Crippen LogP contribution < -0.4 is 15.1 Å². The lowest BCUT2D eigenvalue weighted by Crippen LogP contribution is -2.06. The molecule has 0 bridgehead atoms. The van der Waals surface area contributed by atoms with Gasteiger partial charge in [0.05, 0.1) is 19.6 Å². The van der Waals surface area contributed by atoms with Crippen molar-refractivity contribution in [2.45, 2.75) is 13.8 Å². The first-order chi connectivity index (χ1) is 8.08. The first-order valence-corrected chi connectivity index (χ1v) is 5.24. The van der Waals surface area contributed by atoms with E-state index in [-0.39, 0.29) is 5.63 Å². The standard InChI is InChI=1S/C13H14O4/c1-7-8(2)13(14)17-11-6-9(15-3)5-10(16-4)12(7)11/h5-6H,1-4H3. The van der Waals surface area contributed by atoms with E-state index in [0.717, 1.165) is 10.9 Å². The van der Waals surface area contributed by atoms with E-state index < -0.39 is 0 Å². The van der Waals surface area contributed by atoms with Crippen LogP contribution in [0.4, 0.5) is 0 Å². The van der Waals surface area contributed by atoms with Crippen molar-refractivity contribution >= 4 is 11.0 Å². The highest BCUT2D eigenvalue weighted by molar-refractivity contribution is 5.88. The van der Waals surface area contributed by atoms with E-state index in [1.165, 1.54) is 0 Å². The average molecular weight is 234 g/mol. The van der Waals surface area contributed by atoms with E-state index >= 15 is 0 Å². The van der Waals surface area contributed by atoms with Gasteiger partial charge in [-0.1, -0.05) is 0 Å². The summed E-state index contributed by atoms with van der Waals surface area (Å²) in [5.41, 5.74) is 1.62. The van der Waals surface area contributed by atoms with Crippen LogP contribution in [0.25, 0.3) is 11.0 Å². The average Bonchev–Trinajstić information content (AvgIpc) is 2.34. The van der Waals surface area contributed by atoms with Gasteiger partial charge in [0.2, 0.25) is 0 Å². The minimum Gasteiger partial charge on any atom is -0.496 e. The number of aryl methyl sites for hydroxylation is 1. The van der Waals surface area contributed by atoms with Crippen molar-refractivity contribution in [2.75, 3.05) is 14.2 Å². The maximum Gasteiger partial charge on any atom is 0.339 e. The third-order valence-electron chi connectivity index (χ3n) is 2.94. The maximum absolute atomic E-state index is 11.6. The first-order valence-electron chi connectivity index (χ1n) is 5.24. The lowest BCUT2D eigenvalue weighted by molar-refractivity contribution is 0.395. The molecular formula is C13H14O4. The summed E-state index contributed by atoms with van der Waals surface area (Å²) in [5, 5.41) is 0.811. The minimum atomic E-state index is -0.328. The molecule has 0 radical (unpaired) electrons. The molecule has 0 amide bonds. The molecule has 2 aromatic rings. The van der Waals surface area contributed by atoms with E-state index in [0.29, 0.717) is 22.6 Å². The Hall–Kier alpha value is -1.97. The maximum atomic E-state index is 11.6. The summed E-state index contributed by atoms with van der Waals surface area (Å²) >= 11 is 0. The monoisotopic (exact) mass is 234 g/mol. The molecule has 0 unspecified atom stereocenters. The molecule has 1 aromatic heterocycles. The van der Waals surface area contributed by atoms with E-state index in [2.05, 4.69) is 0 Å². The third-order valence-corrected chi connectivity index (χ3v) is 2.94. The van der Waals surface area contributed by atoms with Gasteiger partial charge in [0.1, 0.15) is 17.1 Å². The van der Waals surface area contributed by atoms with Gasteiger partial charge < -0.3 is 13.9 Å². The Morgan fingerprint density at radius 3 is 2.35 bits per heavy atom. The number of benzene rings is 1. The lowest BCUT2D eigenvalue weighted by Gasteiger charge is -2.10. The second-order valence-corrected chi connectivity index (χ2v) is 3.84. The van der Waals surface area contributed by atoms with Crippen LogP contribution in [-0.4, -0.2) is 14.2 Å². The van der Waals surface area contributed by atoms with E-state index in [1.807, 2.05) is 6.92 Å². The Bertz CT molecular complexity index is 625. The molecule has 0 aliphatic heterocycles. The van der Waals surface area contributed by atoms with Crippen molar-refractivity contribution in [1.29, 1.82) is 0 Å². The molecule has 90 valence electrons. The summed E-state index contributed by atoms with van der Waals surface area (Å²) in [6.07, 6.45) is 0. The predicted molar refractivity (Wildman–Crippen MR) is 65.1 cm³/mol. The van der Waals surface area contributed by atoms with Crippen molar-refractivity contribution in [3.05, 3.63) is 33.7 Å². The van der Waals surface area contributed by atoms with Gasteiger partial charge in [-0.3, -0.25) is 0 Å². The molecular weight excluding hydrogens is 220 g/mol. The first kappa shape index (κ1) is 11.5. The summed E-state index contributed by atoms with van der Waals surface area (Å²) < 4.78 is 15.7. The quantitative estimate of drug-likeness (QED) is 0.749. The summed E-state index contributed by atoms with van der Waals surface area (Å²) in [4.78, 5) is 11.6. The lowest BCUT2D eigenvalue weighted by atomic mass is 10.1. The van der Waals surface area contributed by atoms with Crippen molar-refractivity contribution in [1.82, 2.24) is 0 Å². The van der Waals surface area contributed by atoms with Gasteiger partial charge in [-0.15, -0.1) is 0 Å². The minimum absolute atomic E-state index is 0.328. The number of rotatable bonds is 2. The molecule has 1 aromatic carbocycles. The molecule has 2 rings (SSSR count). The van der Waals surface area contributed by atoms with Crippen LogP contribution in [-0.2, 0) is 0 Å². The largest absolute Gasteiger partial charge is 0.496 e. The highest BCUT2D eigenvalue weighted by atomic mass is 16.5. The van der Waals surface area contributed by atoms with Gasteiger partial charge in [-0.05, 0) is 19.4 Å². The molecule has 4 heteroatoms. The van der Waals surface area contributed by atoms with Crippen LogP contribution in [0.1, 0.15) is 11.1 Å². The highest BCUT2D eigenvalue weighted by Gasteiger charge is 2.13. The van der Waals surface area contributed by atoms with Gasteiger partial charge in [-0.2, -0.15) is 0 Å². The van der Waals surface area contributed by atoms with Crippen LogP contribution >= 0.6 is 0 Å². The second-order valence-electron chi connectivity index (χ2n) is 3.84. The second kappa shape index (κ2) is 4.13. The van der Waals surface area contributed by atoms with E-state index in [4.69, 9.17) is 13.9 Å². The van der Waals surface area contributed by atoms with Crippen molar-refractivity contribution in [3.63, 3.8) is 0 Å². The predicted octanol–water partition coefficient (Wildman–Crippen LogP) is 2.43. The zero-order valence-corrected chi connectivity index (χ0v) is 10.3. The number of methoxy groups -OCH3 is 2. The van der Waals surface area contributed by atoms with Gasteiger partial charge >= 0.3 is 5.63 Å². The van der Waals surface area contributed by atoms with Crippen LogP contribution in [0.5, 0.6) is 11.5 Å². The van der Waals surface area contributed by atoms with Crippen LogP contribution in [0.2, 0.25) is 0 Å². The van der Waals surface area contributed by atoms with Crippen molar-refractivity contribution in [2.24, 2.45) is 0 Å². The number of hydrogen-bond donors (Lipinski definition) is 0. The van der Waals surface area contributed by atoms with Gasteiger partial charge in [0.15, 0.2) is 0 Å². The molecule has 17 heavy (non-hydrogen) atoms. The summed E-state index contributed by atoms with van der Waals surface area (Å²) in [6, 6.07) is 3.46. The van der Waals surface area contributed by atoms with Crippen LogP contribution in [0.3, 0.4) is 0 Å². The SMILES string of the molecule is COc1cc(OC)c2c(C)c(C)c(=O)oc2c1. The Balaban J connectivity index is 2.94. The van der Waals surface area contributed by atoms with Crippen LogP contribution in [0, 0.1) is 13.8 Å². The summed E-state index contributed by atoms with van der Waals surface area (Å²) in [5.74, 6) is 1.24. The number of fused-ring (bicyclic) bond motifs is 1. The summed E-state index contributed by atoms with van der Waals surface area (Å²) in [6.45, 7) is 3.62. The highest BCUT2D eigenvalue weighted by Crippen LogP contribution is 2.33. The number of hydrogen-bond acceptors (Lipinski definition) is 4. The zero-order chi connectivity index (χ0) is 12.6. The van der Waals surface area contributed by atoms with Crippen molar-refractivity contribution in [3.8, 4) is 11.5 Å². The van der Waals surface area contributed by atoms with Gasteiger partial charge in [0.25, 0.3) is 0 Å². The van der Waals surface area contributed by atoms with Gasteiger partial charge in [0, 0.05) is 17.7 Å². The molecule has 4 nitrogen and oxygen atoms in total. The van der Waals surface area contributed by atoms with Crippen molar-refractivity contribution < 1.29 is 13.9 Å². The molecule has 0 saturated heterocycles. The van der Waals surface area contributed by atoms with Gasteiger partial charge in [-0.25, -0.2) is 4.79 Å². The van der Waals surface area contributed by atoms with E-state index in [1.54, 1.807) is 33.3 Å². The third kappa shape index (κ3) is 1.75. The number of ether oxygens (including phenoxy) is 2. The molecule has 0 saturated carbocycles. The molecule has 1 heterocycles. The molecule has 0 aliphatic carbocycles. The Morgan fingerprint density at radius 2 is 1.76 bits per heavy atom. The smallest absolute Gasteiger partial charge is 0.339 e. The molecule has 0 aliphatic rings. The Morgan fingerprint density at radius 1 is 1.06 bits per heavy atom. The zero-order valence-electron chi connectivity index (χ0n) is 10.3.